The molecule has 2 amide bonds. The van der Waals surface area contributed by atoms with Crippen LogP contribution in [0.15, 0.2) is 55.1 Å². The van der Waals surface area contributed by atoms with Crippen LogP contribution in [0, 0.1) is 5.92 Å². The van der Waals surface area contributed by atoms with Crippen molar-refractivity contribution < 1.29 is 9.59 Å². The number of nitrogens with one attached hydrogen (secondary N) is 1. The third kappa shape index (κ3) is 4.58. The van der Waals surface area contributed by atoms with Gasteiger partial charge in [-0.25, -0.2) is 9.67 Å². The fraction of sp³-hybridized carbons (Fsp3) is 0.200. The Kier molecular flexibility index (Phi) is 5.51. The van der Waals surface area contributed by atoms with Gasteiger partial charge >= 0.3 is 0 Å². The van der Waals surface area contributed by atoms with Crippen molar-refractivity contribution in [3.63, 3.8) is 0 Å². The monoisotopic (exact) mass is 429 g/mol. The van der Waals surface area contributed by atoms with E-state index < -0.39 is 5.92 Å². The molecule has 1 aromatic heterocycles. The van der Waals surface area contributed by atoms with Crippen LogP contribution in [0.25, 0.3) is 0 Å². The lowest BCUT2D eigenvalue weighted by molar-refractivity contribution is -0.122. The summed E-state index contributed by atoms with van der Waals surface area (Å²) in [4.78, 5) is 30.5. The highest BCUT2D eigenvalue weighted by Gasteiger charge is 2.35. The minimum Gasteiger partial charge on any atom is -0.326 e. The Morgan fingerprint density at radius 2 is 1.86 bits per heavy atom. The smallest absolute Gasteiger partial charge is 0.229 e. The van der Waals surface area contributed by atoms with E-state index >= 15 is 0 Å². The van der Waals surface area contributed by atoms with Crippen molar-refractivity contribution in [3.8, 4) is 0 Å². The van der Waals surface area contributed by atoms with Crippen LogP contribution in [-0.2, 0) is 16.1 Å². The number of hydrogen-bond acceptors (Lipinski definition) is 4. The molecule has 7 nitrogen and oxygen atoms in total. The summed E-state index contributed by atoms with van der Waals surface area (Å²) in [7, 11) is 0. The molecule has 1 N–H and O–H groups in total. The number of hydrogen-bond donors (Lipinski definition) is 1. The molecule has 0 spiro atoms. The van der Waals surface area contributed by atoms with Crippen molar-refractivity contribution >= 4 is 46.4 Å². The summed E-state index contributed by atoms with van der Waals surface area (Å²) in [5, 5.41) is 7.84. The SMILES string of the molecule is O=C(Nc1ccc(Cn2cncn2)cc1)[C@H]1CC(=O)N(c2cc(Cl)cc(Cl)c2)C1. The summed E-state index contributed by atoms with van der Waals surface area (Å²) in [6.45, 7) is 0.883. The molecule has 1 saturated heterocycles. The molecule has 4 rings (SSSR count). The number of rotatable bonds is 5. The molecule has 0 radical (unpaired) electrons. The Hall–Kier alpha value is -2.90. The van der Waals surface area contributed by atoms with E-state index in [1.165, 1.54) is 6.33 Å². The number of nitrogens with zero attached hydrogens (tertiary/aromatic N) is 4. The van der Waals surface area contributed by atoms with Gasteiger partial charge in [-0.1, -0.05) is 35.3 Å². The second-order valence-electron chi connectivity index (χ2n) is 6.81. The summed E-state index contributed by atoms with van der Waals surface area (Å²) in [6, 6.07) is 12.4. The number of halogens is 2. The Balaban J connectivity index is 1.39. The summed E-state index contributed by atoms with van der Waals surface area (Å²) in [5.41, 5.74) is 2.31. The Morgan fingerprint density at radius 3 is 2.52 bits per heavy atom. The second kappa shape index (κ2) is 8.23. The highest BCUT2D eigenvalue weighted by molar-refractivity contribution is 6.35. The van der Waals surface area contributed by atoms with E-state index in [1.807, 2.05) is 24.3 Å². The molecule has 1 aliphatic rings. The summed E-state index contributed by atoms with van der Waals surface area (Å²) in [5.74, 6) is -0.778. The van der Waals surface area contributed by atoms with Crippen LogP contribution in [0.5, 0.6) is 0 Å². The molecule has 0 unspecified atom stereocenters. The van der Waals surface area contributed by atoms with Crippen LogP contribution >= 0.6 is 23.2 Å². The number of carbonyl (C=O) groups excluding carboxylic acids is 2. The van der Waals surface area contributed by atoms with Crippen molar-refractivity contribution in [1.82, 2.24) is 14.8 Å². The quantitative estimate of drug-likeness (QED) is 0.671. The van der Waals surface area contributed by atoms with Gasteiger partial charge in [-0.05, 0) is 35.9 Å². The number of amides is 2. The number of benzene rings is 2. The van der Waals surface area contributed by atoms with Gasteiger partial charge in [0.25, 0.3) is 0 Å². The molecule has 1 atom stereocenters. The van der Waals surface area contributed by atoms with E-state index in [4.69, 9.17) is 23.2 Å². The van der Waals surface area contributed by atoms with Crippen molar-refractivity contribution in [2.24, 2.45) is 5.92 Å². The molecule has 0 aliphatic carbocycles. The fourth-order valence-electron chi connectivity index (χ4n) is 3.27. The maximum absolute atomic E-state index is 12.6. The molecule has 1 fully saturated rings. The van der Waals surface area contributed by atoms with E-state index in [2.05, 4.69) is 15.4 Å². The van der Waals surface area contributed by atoms with Crippen LogP contribution < -0.4 is 10.2 Å². The predicted octanol–water partition coefficient (Wildman–Crippen LogP) is 3.62. The Labute approximate surface area is 177 Å². The first kappa shape index (κ1) is 19.4. The first-order chi connectivity index (χ1) is 14.0. The summed E-state index contributed by atoms with van der Waals surface area (Å²) in [6.07, 6.45) is 3.27. The molecule has 1 aliphatic heterocycles. The molecule has 29 heavy (non-hydrogen) atoms. The normalized spacial score (nSPS) is 16.3. The van der Waals surface area contributed by atoms with Crippen LogP contribution in [0.1, 0.15) is 12.0 Å². The average molecular weight is 430 g/mol. The molecular weight excluding hydrogens is 413 g/mol. The van der Waals surface area contributed by atoms with Crippen molar-refractivity contribution in [1.29, 1.82) is 0 Å². The summed E-state index contributed by atoms with van der Waals surface area (Å²) >= 11 is 12.1. The fourth-order valence-corrected chi connectivity index (χ4v) is 3.78. The molecule has 9 heteroatoms. The minimum absolute atomic E-state index is 0.133. The lowest BCUT2D eigenvalue weighted by Gasteiger charge is -2.17. The highest BCUT2D eigenvalue weighted by Crippen LogP contribution is 2.30. The van der Waals surface area contributed by atoms with Gasteiger partial charge in [0.05, 0.1) is 12.5 Å². The zero-order valence-electron chi connectivity index (χ0n) is 15.3. The lowest BCUT2D eigenvalue weighted by Crippen LogP contribution is -2.28. The van der Waals surface area contributed by atoms with Gasteiger partial charge in [0.1, 0.15) is 12.7 Å². The minimum atomic E-state index is -0.449. The third-order valence-corrected chi connectivity index (χ3v) is 5.12. The average Bonchev–Trinajstić information content (AvgIpc) is 3.32. The van der Waals surface area contributed by atoms with Crippen LogP contribution in [0.3, 0.4) is 0 Å². The third-order valence-electron chi connectivity index (χ3n) is 4.69. The maximum atomic E-state index is 12.6. The van der Waals surface area contributed by atoms with Crippen LogP contribution in [0.4, 0.5) is 11.4 Å². The van der Waals surface area contributed by atoms with Gasteiger partial charge in [0, 0.05) is 34.4 Å². The van der Waals surface area contributed by atoms with Crippen LogP contribution in [-0.4, -0.2) is 33.1 Å². The molecule has 2 aromatic carbocycles. The van der Waals surface area contributed by atoms with Gasteiger partial charge in [-0.3, -0.25) is 9.59 Å². The van der Waals surface area contributed by atoms with Crippen molar-refractivity contribution in [2.75, 3.05) is 16.8 Å². The molecule has 0 bridgehead atoms. The van der Waals surface area contributed by atoms with E-state index in [0.717, 1.165) is 5.56 Å². The standard InChI is InChI=1S/C20H17Cl2N5O2/c21-15-6-16(22)8-18(7-15)27-10-14(5-19(27)28)20(29)25-17-3-1-13(2-4-17)9-26-12-23-11-24-26/h1-4,6-8,11-12,14H,5,9-10H2,(H,25,29)/t14-/m0/s1. The predicted molar refractivity (Wildman–Crippen MR) is 111 cm³/mol. The number of aromatic nitrogens is 3. The summed E-state index contributed by atoms with van der Waals surface area (Å²) < 4.78 is 1.72. The highest BCUT2D eigenvalue weighted by atomic mass is 35.5. The van der Waals surface area contributed by atoms with E-state index in [9.17, 15) is 9.59 Å². The van der Waals surface area contributed by atoms with E-state index in [-0.39, 0.29) is 24.8 Å². The molecular formula is C20H17Cl2N5O2. The molecule has 148 valence electrons. The number of anilines is 2. The number of carbonyl (C=O) groups is 2. The van der Waals surface area contributed by atoms with Crippen molar-refractivity contribution in [2.45, 2.75) is 13.0 Å². The zero-order chi connectivity index (χ0) is 20.4. The van der Waals surface area contributed by atoms with Crippen LogP contribution in [0.2, 0.25) is 10.0 Å². The van der Waals surface area contributed by atoms with Crippen molar-refractivity contribution in [3.05, 3.63) is 70.7 Å². The van der Waals surface area contributed by atoms with E-state index in [1.54, 1.807) is 34.1 Å². The van der Waals surface area contributed by atoms with Gasteiger partial charge in [-0.15, -0.1) is 0 Å². The van der Waals surface area contributed by atoms with Gasteiger partial charge < -0.3 is 10.2 Å². The largest absolute Gasteiger partial charge is 0.326 e. The Morgan fingerprint density at radius 1 is 1.14 bits per heavy atom. The first-order valence-corrected chi connectivity index (χ1v) is 9.72. The second-order valence-corrected chi connectivity index (χ2v) is 7.69. The topological polar surface area (TPSA) is 80.1 Å². The van der Waals surface area contributed by atoms with Gasteiger partial charge in [-0.2, -0.15) is 5.10 Å². The zero-order valence-corrected chi connectivity index (χ0v) is 16.8. The molecule has 2 heterocycles. The molecule has 0 saturated carbocycles. The maximum Gasteiger partial charge on any atom is 0.229 e. The molecule has 3 aromatic rings. The lowest BCUT2D eigenvalue weighted by atomic mass is 10.1. The van der Waals surface area contributed by atoms with Gasteiger partial charge in [0.15, 0.2) is 0 Å². The first-order valence-electron chi connectivity index (χ1n) is 8.96. The Bertz CT molecular complexity index is 1020. The van der Waals surface area contributed by atoms with Gasteiger partial charge in [0.2, 0.25) is 11.8 Å². The van der Waals surface area contributed by atoms with E-state index in [0.29, 0.717) is 28.0 Å².